The van der Waals surface area contributed by atoms with E-state index in [-0.39, 0.29) is 11.9 Å². The summed E-state index contributed by atoms with van der Waals surface area (Å²) in [6.07, 6.45) is 0.717. The monoisotopic (exact) mass is 433 g/mol. The smallest absolute Gasteiger partial charge is 0.337 e. The zero-order chi connectivity index (χ0) is 21.7. The number of aryl methyl sites for hydroxylation is 1. The highest BCUT2D eigenvalue weighted by atomic mass is 35.5. The molecule has 6 nitrogen and oxygen atoms in total. The third-order valence-corrected chi connectivity index (χ3v) is 6.12. The fourth-order valence-electron chi connectivity index (χ4n) is 4.26. The van der Waals surface area contributed by atoms with Gasteiger partial charge >= 0.3 is 5.97 Å². The number of carbonyl (C=O) groups excluding carboxylic acids is 2. The summed E-state index contributed by atoms with van der Waals surface area (Å²) in [6, 6.07) is 12.8. The first-order valence-electron chi connectivity index (χ1n) is 10.0. The Morgan fingerprint density at radius 1 is 1.16 bits per heavy atom. The van der Waals surface area contributed by atoms with Gasteiger partial charge in [0.05, 0.1) is 29.4 Å². The van der Waals surface area contributed by atoms with Crippen molar-refractivity contribution in [2.75, 3.05) is 13.7 Å². The maximum atomic E-state index is 13.4. The number of nitrogens with one attached hydrogen (secondary N) is 1. The number of ether oxygens (including phenoxy) is 1. The largest absolute Gasteiger partial charge is 0.465 e. The Kier molecular flexibility index (Phi) is 4.67. The molecule has 0 radical (unpaired) electrons. The van der Waals surface area contributed by atoms with Crippen molar-refractivity contribution in [2.45, 2.75) is 19.9 Å². The molecule has 0 aliphatic carbocycles. The van der Waals surface area contributed by atoms with Gasteiger partial charge in [0, 0.05) is 52.1 Å². The quantitative estimate of drug-likeness (QED) is 0.466. The minimum Gasteiger partial charge on any atom is -0.465 e. The molecule has 2 aromatic heterocycles. The molecule has 0 atom stereocenters. The Balaban J connectivity index is 1.51. The summed E-state index contributed by atoms with van der Waals surface area (Å²) in [6.45, 7) is 2.92. The van der Waals surface area contributed by atoms with E-state index in [1.165, 1.54) is 7.11 Å². The SMILES string of the molecule is COC(=O)c1ccc2[nH]c3c(c2c1)CN(C(=O)c1cc2cc(Cl)ccc2nc1C)CC3. The average Bonchev–Trinajstić information content (AvgIpc) is 3.15. The van der Waals surface area contributed by atoms with Gasteiger partial charge in [0.2, 0.25) is 0 Å². The van der Waals surface area contributed by atoms with Crippen LogP contribution in [0.5, 0.6) is 0 Å². The average molecular weight is 434 g/mol. The molecule has 1 aliphatic heterocycles. The second kappa shape index (κ2) is 7.39. The highest BCUT2D eigenvalue weighted by Gasteiger charge is 2.26. The van der Waals surface area contributed by atoms with Gasteiger partial charge in [-0.1, -0.05) is 11.6 Å². The number of aromatic nitrogens is 2. The van der Waals surface area contributed by atoms with Gasteiger partial charge in [-0.15, -0.1) is 0 Å². The lowest BCUT2D eigenvalue weighted by atomic mass is 10.0. The van der Waals surface area contributed by atoms with E-state index in [0.717, 1.165) is 39.5 Å². The molecule has 3 heterocycles. The van der Waals surface area contributed by atoms with Crippen molar-refractivity contribution in [1.82, 2.24) is 14.9 Å². The molecular formula is C24H20ClN3O3. The maximum absolute atomic E-state index is 13.4. The van der Waals surface area contributed by atoms with E-state index in [1.807, 2.05) is 42.2 Å². The Bertz CT molecular complexity index is 1380. The van der Waals surface area contributed by atoms with Crippen molar-refractivity contribution < 1.29 is 14.3 Å². The number of benzene rings is 2. The number of pyridine rings is 1. The zero-order valence-corrected chi connectivity index (χ0v) is 17.9. The fraction of sp³-hybridized carbons (Fsp3) is 0.208. The molecule has 1 amide bonds. The molecule has 7 heteroatoms. The molecular weight excluding hydrogens is 414 g/mol. The van der Waals surface area contributed by atoms with Crippen molar-refractivity contribution in [3.05, 3.63) is 75.6 Å². The molecule has 0 saturated carbocycles. The lowest BCUT2D eigenvalue weighted by Crippen LogP contribution is -2.36. The fourth-order valence-corrected chi connectivity index (χ4v) is 4.44. The van der Waals surface area contributed by atoms with Crippen molar-refractivity contribution in [3.8, 4) is 0 Å². The van der Waals surface area contributed by atoms with Gasteiger partial charge in [-0.2, -0.15) is 0 Å². The van der Waals surface area contributed by atoms with E-state index < -0.39 is 0 Å². The number of halogens is 1. The summed E-state index contributed by atoms with van der Waals surface area (Å²) in [7, 11) is 1.37. The van der Waals surface area contributed by atoms with E-state index in [4.69, 9.17) is 16.3 Å². The summed E-state index contributed by atoms with van der Waals surface area (Å²) >= 11 is 6.12. The Hall–Kier alpha value is -3.38. The number of H-pyrrole nitrogens is 1. The third-order valence-electron chi connectivity index (χ3n) is 5.88. The number of nitrogens with zero attached hydrogens (tertiary/aromatic N) is 2. The molecule has 1 N–H and O–H groups in total. The lowest BCUT2D eigenvalue weighted by molar-refractivity contribution is 0.0600. The highest BCUT2D eigenvalue weighted by Crippen LogP contribution is 2.30. The maximum Gasteiger partial charge on any atom is 0.337 e. The summed E-state index contributed by atoms with van der Waals surface area (Å²) in [5.41, 5.74) is 5.66. The van der Waals surface area contributed by atoms with E-state index in [1.54, 1.807) is 12.1 Å². The van der Waals surface area contributed by atoms with Gasteiger partial charge in [0.25, 0.3) is 5.91 Å². The van der Waals surface area contributed by atoms with Crippen LogP contribution in [0.3, 0.4) is 0 Å². The number of carbonyl (C=O) groups is 2. The number of amides is 1. The van der Waals surface area contributed by atoms with Crippen molar-refractivity contribution in [3.63, 3.8) is 0 Å². The van der Waals surface area contributed by atoms with E-state index in [2.05, 4.69) is 9.97 Å². The molecule has 0 unspecified atom stereocenters. The van der Waals surface area contributed by atoms with Crippen LogP contribution >= 0.6 is 11.6 Å². The normalized spacial score (nSPS) is 13.5. The summed E-state index contributed by atoms with van der Waals surface area (Å²) in [5, 5.41) is 2.39. The van der Waals surface area contributed by atoms with E-state index in [9.17, 15) is 9.59 Å². The van der Waals surface area contributed by atoms with Crippen LogP contribution in [0.4, 0.5) is 0 Å². The summed E-state index contributed by atoms with van der Waals surface area (Å²) in [5.74, 6) is -0.437. The predicted octanol–water partition coefficient (Wildman–Crippen LogP) is 4.66. The summed E-state index contributed by atoms with van der Waals surface area (Å²) < 4.78 is 4.85. The van der Waals surface area contributed by atoms with Crippen LogP contribution in [0.1, 0.15) is 37.7 Å². The van der Waals surface area contributed by atoms with Gasteiger partial charge in [0.15, 0.2) is 0 Å². The van der Waals surface area contributed by atoms with Crippen molar-refractivity contribution >= 4 is 45.3 Å². The van der Waals surface area contributed by atoms with Gasteiger partial charge in [-0.05, 0) is 49.4 Å². The van der Waals surface area contributed by atoms with E-state index in [0.29, 0.717) is 34.9 Å². The number of rotatable bonds is 2. The van der Waals surface area contributed by atoms with Crippen LogP contribution < -0.4 is 0 Å². The Morgan fingerprint density at radius 3 is 2.81 bits per heavy atom. The molecule has 0 fully saturated rings. The minimum atomic E-state index is -0.378. The number of hydrogen-bond acceptors (Lipinski definition) is 4. The van der Waals surface area contributed by atoms with Crippen LogP contribution in [0.2, 0.25) is 5.02 Å². The van der Waals surface area contributed by atoms with Gasteiger partial charge in [-0.25, -0.2) is 4.79 Å². The van der Waals surface area contributed by atoms with Crippen molar-refractivity contribution in [2.24, 2.45) is 0 Å². The Labute approximate surface area is 183 Å². The molecule has 0 saturated heterocycles. The van der Waals surface area contributed by atoms with Crippen LogP contribution in [-0.2, 0) is 17.7 Å². The molecule has 2 aromatic carbocycles. The number of fused-ring (bicyclic) bond motifs is 4. The van der Waals surface area contributed by atoms with Crippen molar-refractivity contribution in [1.29, 1.82) is 0 Å². The van der Waals surface area contributed by atoms with Gasteiger partial charge in [0.1, 0.15) is 0 Å². The first-order chi connectivity index (χ1) is 14.9. The molecule has 156 valence electrons. The van der Waals surface area contributed by atoms with Crippen LogP contribution in [0.25, 0.3) is 21.8 Å². The Morgan fingerprint density at radius 2 is 2.00 bits per heavy atom. The molecule has 31 heavy (non-hydrogen) atoms. The number of esters is 1. The zero-order valence-electron chi connectivity index (χ0n) is 17.2. The van der Waals surface area contributed by atoms with E-state index >= 15 is 0 Å². The van der Waals surface area contributed by atoms with Gasteiger partial charge < -0.3 is 14.6 Å². The number of hydrogen-bond donors (Lipinski definition) is 1. The highest BCUT2D eigenvalue weighted by molar-refractivity contribution is 6.31. The standard InChI is InChI=1S/C24H20ClN3O3/c1-13-17(11-15-9-16(25)4-6-20(15)26-13)23(29)28-8-7-22-19(12-28)18-10-14(24(30)31-2)3-5-21(18)27-22/h3-6,9-11,27H,7-8,12H2,1-2H3. The second-order valence-electron chi connectivity index (χ2n) is 7.77. The van der Waals surface area contributed by atoms with Crippen LogP contribution in [0, 0.1) is 6.92 Å². The molecule has 5 rings (SSSR count). The summed E-state index contributed by atoms with van der Waals surface area (Å²) in [4.78, 5) is 35.2. The third kappa shape index (κ3) is 3.33. The lowest BCUT2D eigenvalue weighted by Gasteiger charge is -2.28. The first-order valence-corrected chi connectivity index (χ1v) is 10.4. The number of aromatic amines is 1. The molecule has 0 spiro atoms. The number of methoxy groups -OCH3 is 1. The molecule has 4 aromatic rings. The van der Waals surface area contributed by atoms with Gasteiger partial charge in [-0.3, -0.25) is 9.78 Å². The molecule has 1 aliphatic rings. The van der Waals surface area contributed by atoms with Crippen LogP contribution in [0.15, 0.2) is 42.5 Å². The predicted molar refractivity (Wildman–Crippen MR) is 120 cm³/mol. The second-order valence-corrected chi connectivity index (χ2v) is 8.21. The topological polar surface area (TPSA) is 75.3 Å². The molecule has 0 bridgehead atoms. The first kappa shape index (κ1) is 19.6. The van der Waals surface area contributed by atoms with Crippen LogP contribution in [-0.4, -0.2) is 40.4 Å². The minimum absolute atomic E-state index is 0.0593.